The first-order chi connectivity index (χ1) is 12.2. The summed E-state index contributed by atoms with van der Waals surface area (Å²) in [6, 6.07) is 5.03. The number of aromatic nitrogens is 1. The highest BCUT2D eigenvalue weighted by atomic mass is 35.5. The van der Waals surface area contributed by atoms with Gasteiger partial charge in [-0.3, -0.25) is 4.79 Å². The summed E-state index contributed by atoms with van der Waals surface area (Å²) in [5.41, 5.74) is -0.620. The lowest BCUT2D eigenvalue weighted by Gasteiger charge is -2.25. The van der Waals surface area contributed by atoms with E-state index in [0.29, 0.717) is 40.1 Å². The molecule has 1 amide bonds. The second-order valence-electron chi connectivity index (χ2n) is 6.18. The first kappa shape index (κ1) is 20.3. The van der Waals surface area contributed by atoms with E-state index in [2.05, 4.69) is 10.3 Å². The molecule has 1 aromatic heterocycles. The lowest BCUT2D eigenvalue weighted by molar-refractivity contribution is -0.147. The first-order valence-electron chi connectivity index (χ1n) is 8.19. The second kappa shape index (κ2) is 8.56. The summed E-state index contributed by atoms with van der Waals surface area (Å²) in [5, 5.41) is 12.8. The van der Waals surface area contributed by atoms with Gasteiger partial charge in [0.05, 0.1) is 11.2 Å². The molecule has 2 aromatic rings. The monoisotopic (exact) mass is 398 g/mol. The number of hydrogen-bond donors (Lipinski definition) is 2. The Balaban J connectivity index is 1.99. The van der Waals surface area contributed by atoms with Gasteiger partial charge >= 0.3 is 5.97 Å². The molecule has 0 aliphatic carbocycles. The summed E-state index contributed by atoms with van der Waals surface area (Å²) in [6.07, 6.45) is 2.85. The van der Waals surface area contributed by atoms with Crippen LogP contribution in [0.3, 0.4) is 0 Å². The number of carboxylic acid groups (broad SMARTS) is 1. The van der Waals surface area contributed by atoms with Crippen molar-refractivity contribution in [2.24, 2.45) is 0 Å². The first-order valence-corrected chi connectivity index (χ1v) is 8.95. The molecule has 0 aliphatic rings. The number of nitrogens with one attached hydrogen (secondary N) is 1. The van der Waals surface area contributed by atoms with Gasteiger partial charge in [-0.2, -0.15) is 0 Å². The van der Waals surface area contributed by atoms with Crippen molar-refractivity contribution in [1.29, 1.82) is 0 Å². The third-order valence-electron chi connectivity index (χ3n) is 3.95. The normalized spacial score (nSPS) is 13.2. The average Bonchev–Trinajstić information content (AvgIpc) is 3.01. The van der Waals surface area contributed by atoms with Crippen LogP contribution in [0.15, 0.2) is 28.8 Å². The molecule has 8 heteroatoms. The number of hydrogen-bond acceptors (Lipinski definition) is 4. The van der Waals surface area contributed by atoms with Crippen molar-refractivity contribution in [2.45, 2.75) is 45.1 Å². The number of aryl methyl sites for hydroxylation is 1. The summed E-state index contributed by atoms with van der Waals surface area (Å²) < 4.78 is 5.63. The van der Waals surface area contributed by atoms with Gasteiger partial charge in [-0.1, -0.05) is 36.5 Å². The molecular formula is C18H20Cl2N2O4. The third kappa shape index (κ3) is 4.99. The molecule has 0 radical (unpaired) electrons. The van der Waals surface area contributed by atoms with Crippen molar-refractivity contribution >= 4 is 35.1 Å². The number of halogens is 2. The Bertz CT molecular complexity index is 806. The van der Waals surface area contributed by atoms with Crippen molar-refractivity contribution in [3.05, 3.63) is 40.3 Å². The number of carbonyl (C=O) groups is 2. The zero-order valence-corrected chi connectivity index (χ0v) is 16.0. The maximum atomic E-state index is 12.1. The number of benzene rings is 1. The molecular weight excluding hydrogens is 379 g/mol. The van der Waals surface area contributed by atoms with Gasteiger partial charge in [0.2, 0.25) is 5.91 Å². The van der Waals surface area contributed by atoms with Crippen molar-refractivity contribution in [2.75, 3.05) is 0 Å². The van der Waals surface area contributed by atoms with Crippen LogP contribution in [0.4, 0.5) is 0 Å². The van der Waals surface area contributed by atoms with E-state index in [-0.39, 0.29) is 18.7 Å². The van der Waals surface area contributed by atoms with Crippen molar-refractivity contribution in [3.8, 4) is 11.3 Å². The summed E-state index contributed by atoms with van der Waals surface area (Å²) in [7, 11) is 0. The molecule has 1 unspecified atom stereocenters. The van der Waals surface area contributed by atoms with E-state index >= 15 is 0 Å². The number of amides is 1. The van der Waals surface area contributed by atoms with E-state index in [0.717, 1.165) is 0 Å². The predicted molar refractivity (Wildman–Crippen MR) is 99.4 cm³/mol. The third-order valence-corrected chi connectivity index (χ3v) is 4.50. The lowest BCUT2D eigenvalue weighted by Crippen LogP contribution is -2.52. The van der Waals surface area contributed by atoms with Crippen molar-refractivity contribution < 1.29 is 19.1 Å². The molecule has 0 bridgehead atoms. The van der Waals surface area contributed by atoms with E-state index in [1.807, 2.05) is 6.92 Å². The van der Waals surface area contributed by atoms with Gasteiger partial charge in [-0.05, 0) is 31.5 Å². The molecule has 1 atom stereocenters. The van der Waals surface area contributed by atoms with Gasteiger partial charge < -0.3 is 14.8 Å². The molecule has 0 saturated heterocycles. The fraction of sp³-hybridized carbons (Fsp3) is 0.389. The molecule has 6 nitrogen and oxygen atoms in total. The SMILES string of the molecule is CCCC(C)(NC(=O)CCc1ncc(-c2ccc(Cl)cc2Cl)o1)C(=O)O. The molecule has 0 aliphatic heterocycles. The highest BCUT2D eigenvalue weighted by Crippen LogP contribution is 2.30. The van der Waals surface area contributed by atoms with Crippen LogP contribution in [-0.2, 0) is 16.0 Å². The zero-order valence-electron chi connectivity index (χ0n) is 14.5. The van der Waals surface area contributed by atoms with Crippen LogP contribution in [0.1, 0.15) is 39.0 Å². The van der Waals surface area contributed by atoms with Crippen LogP contribution in [0.5, 0.6) is 0 Å². The summed E-state index contributed by atoms with van der Waals surface area (Å²) >= 11 is 12.0. The van der Waals surface area contributed by atoms with E-state index in [1.165, 1.54) is 13.1 Å². The van der Waals surface area contributed by atoms with Gasteiger partial charge in [0, 0.05) is 23.4 Å². The fourth-order valence-electron chi connectivity index (χ4n) is 2.55. The number of aliphatic carboxylic acids is 1. The Morgan fingerprint density at radius 1 is 1.35 bits per heavy atom. The van der Waals surface area contributed by atoms with Gasteiger partial charge in [0.25, 0.3) is 0 Å². The second-order valence-corrected chi connectivity index (χ2v) is 7.02. The number of nitrogens with zero attached hydrogens (tertiary/aromatic N) is 1. The molecule has 2 rings (SSSR count). The summed E-state index contributed by atoms with van der Waals surface area (Å²) in [4.78, 5) is 27.6. The molecule has 140 valence electrons. The highest BCUT2D eigenvalue weighted by molar-refractivity contribution is 6.36. The van der Waals surface area contributed by atoms with Crippen molar-refractivity contribution in [1.82, 2.24) is 10.3 Å². The Labute approximate surface area is 161 Å². The van der Waals surface area contributed by atoms with E-state index in [1.54, 1.807) is 18.2 Å². The molecule has 0 spiro atoms. The van der Waals surface area contributed by atoms with Crippen LogP contribution in [-0.4, -0.2) is 27.5 Å². The molecule has 0 fully saturated rings. The van der Waals surface area contributed by atoms with Crippen LogP contribution >= 0.6 is 23.2 Å². The Hall–Kier alpha value is -2.05. The minimum Gasteiger partial charge on any atom is -0.480 e. The summed E-state index contributed by atoms with van der Waals surface area (Å²) in [5.74, 6) is -0.576. The van der Waals surface area contributed by atoms with Crippen LogP contribution in [0.25, 0.3) is 11.3 Å². The molecule has 1 heterocycles. The van der Waals surface area contributed by atoms with Crippen molar-refractivity contribution in [3.63, 3.8) is 0 Å². The maximum absolute atomic E-state index is 12.1. The van der Waals surface area contributed by atoms with E-state index in [4.69, 9.17) is 27.6 Å². The largest absolute Gasteiger partial charge is 0.480 e. The number of rotatable bonds is 8. The quantitative estimate of drug-likeness (QED) is 0.689. The molecule has 0 saturated carbocycles. The van der Waals surface area contributed by atoms with E-state index in [9.17, 15) is 14.7 Å². The Kier molecular flexibility index (Phi) is 6.67. The predicted octanol–water partition coefficient (Wildman–Crippen LogP) is 4.34. The minimum atomic E-state index is -1.27. The highest BCUT2D eigenvalue weighted by Gasteiger charge is 2.33. The topological polar surface area (TPSA) is 92.4 Å². The Morgan fingerprint density at radius 2 is 2.08 bits per heavy atom. The standard InChI is InChI=1S/C18H20Cl2N2O4/c1-3-8-18(2,17(24)25)22-15(23)6-7-16-21-10-14(26-16)12-5-4-11(19)9-13(12)20/h4-5,9-10H,3,6-8H2,1-2H3,(H,22,23)(H,24,25). The average molecular weight is 399 g/mol. The van der Waals surface area contributed by atoms with Crippen LogP contribution in [0.2, 0.25) is 10.0 Å². The van der Waals surface area contributed by atoms with Gasteiger partial charge in [0.1, 0.15) is 5.54 Å². The number of carbonyl (C=O) groups excluding carboxylic acids is 1. The molecule has 2 N–H and O–H groups in total. The van der Waals surface area contributed by atoms with Gasteiger partial charge in [-0.25, -0.2) is 9.78 Å². The molecule has 26 heavy (non-hydrogen) atoms. The van der Waals surface area contributed by atoms with E-state index < -0.39 is 11.5 Å². The van der Waals surface area contributed by atoms with Crippen LogP contribution in [0, 0.1) is 0 Å². The fourth-order valence-corrected chi connectivity index (χ4v) is 3.05. The van der Waals surface area contributed by atoms with Gasteiger partial charge in [-0.15, -0.1) is 0 Å². The number of carboxylic acids is 1. The van der Waals surface area contributed by atoms with Crippen LogP contribution < -0.4 is 5.32 Å². The Morgan fingerprint density at radius 3 is 2.69 bits per heavy atom. The molecule has 1 aromatic carbocycles. The maximum Gasteiger partial charge on any atom is 0.329 e. The summed E-state index contributed by atoms with van der Waals surface area (Å²) in [6.45, 7) is 3.37. The zero-order chi connectivity index (χ0) is 19.3. The lowest BCUT2D eigenvalue weighted by atomic mass is 9.96. The minimum absolute atomic E-state index is 0.0703. The van der Waals surface area contributed by atoms with Gasteiger partial charge in [0.15, 0.2) is 11.7 Å². The smallest absolute Gasteiger partial charge is 0.329 e. The number of oxazole rings is 1.